The number of nitrogens with one attached hydrogen (secondary N) is 1. The standard InChI is InChI=1S/C11H22N2O/c1-9(8-11(2,3)14)13-10-6-4-5-7-12-10/h9,14H,4-8H2,1-3H3,(H,12,13). The van der Waals surface area contributed by atoms with Gasteiger partial charge in [0.1, 0.15) is 0 Å². The topological polar surface area (TPSA) is 44.6 Å². The molecule has 0 aliphatic carbocycles. The predicted octanol–water partition coefficient (Wildman–Crippen LogP) is 1.71. The summed E-state index contributed by atoms with van der Waals surface area (Å²) in [6.07, 6.45) is 4.27. The molecule has 0 spiro atoms. The van der Waals surface area contributed by atoms with Crippen molar-refractivity contribution < 1.29 is 5.11 Å². The number of aliphatic imine (C=N–C) groups is 1. The molecule has 0 fully saturated rings. The molecule has 0 aromatic heterocycles. The van der Waals surface area contributed by atoms with Gasteiger partial charge in [0.2, 0.25) is 0 Å². The second-order valence-corrected chi connectivity index (χ2v) is 4.85. The second-order valence-electron chi connectivity index (χ2n) is 4.85. The van der Waals surface area contributed by atoms with Crippen LogP contribution in [0.4, 0.5) is 0 Å². The molecule has 82 valence electrons. The average Bonchev–Trinajstić information content (AvgIpc) is 2.02. The Morgan fingerprint density at radius 2 is 2.21 bits per heavy atom. The van der Waals surface area contributed by atoms with Crippen LogP contribution >= 0.6 is 0 Å². The lowest BCUT2D eigenvalue weighted by Crippen LogP contribution is -2.38. The summed E-state index contributed by atoms with van der Waals surface area (Å²) in [5.41, 5.74) is -0.596. The van der Waals surface area contributed by atoms with Gasteiger partial charge in [0.05, 0.1) is 11.4 Å². The van der Waals surface area contributed by atoms with Gasteiger partial charge in [0, 0.05) is 19.0 Å². The molecule has 3 nitrogen and oxygen atoms in total. The van der Waals surface area contributed by atoms with E-state index >= 15 is 0 Å². The Balaban J connectivity index is 2.32. The smallest absolute Gasteiger partial charge is 0.0965 e. The molecule has 2 N–H and O–H groups in total. The van der Waals surface area contributed by atoms with E-state index in [0.717, 1.165) is 25.2 Å². The summed E-state index contributed by atoms with van der Waals surface area (Å²) in [6, 6.07) is 0.298. The molecule has 1 heterocycles. The third kappa shape index (κ3) is 4.61. The summed E-state index contributed by atoms with van der Waals surface area (Å²) in [5, 5.41) is 13.0. The first-order valence-electron chi connectivity index (χ1n) is 5.49. The molecule has 0 radical (unpaired) electrons. The predicted molar refractivity (Wildman–Crippen MR) is 59.7 cm³/mol. The maximum absolute atomic E-state index is 9.64. The number of aliphatic hydroxyl groups is 1. The summed E-state index contributed by atoms with van der Waals surface area (Å²) in [4.78, 5) is 4.42. The Labute approximate surface area is 86.6 Å². The van der Waals surface area contributed by atoms with Gasteiger partial charge in [-0.3, -0.25) is 4.99 Å². The second kappa shape index (κ2) is 4.78. The van der Waals surface area contributed by atoms with Gasteiger partial charge >= 0.3 is 0 Å². The van der Waals surface area contributed by atoms with Crippen molar-refractivity contribution in [3.63, 3.8) is 0 Å². The number of amidine groups is 1. The van der Waals surface area contributed by atoms with E-state index < -0.39 is 5.60 Å². The summed E-state index contributed by atoms with van der Waals surface area (Å²) in [7, 11) is 0. The van der Waals surface area contributed by atoms with Crippen LogP contribution in [-0.4, -0.2) is 29.1 Å². The number of rotatable bonds is 3. The van der Waals surface area contributed by atoms with Crippen molar-refractivity contribution in [1.29, 1.82) is 0 Å². The largest absolute Gasteiger partial charge is 0.390 e. The maximum Gasteiger partial charge on any atom is 0.0965 e. The van der Waals surface area contributed by atoms with E-state index in [1.165, 1.54) is 12.8 Å². The van der Waals surface area contributed by atoms with Crippen LogP contribution in [0.1, 0.15) is 46.5 Å². The van der Waals surface area contributed by atoms with Crippen LogP contribution in [0.15, 0.2) is 4.99 Å². The van der Waals surface area contributed by atoms with Crippen molar-refractivity contribution in [1.82, 2.24) is 5.32 Å². The lowest BCUT2D eigenvalue weighted by molar-refractivity contribution is 0.0633. The lowest BCUT2D eigenvalue weighted by atomic mass is 10.00. The Kier molecular flexibility index (Phi) is 3.93. The molecule has 14 heavy (non-hydrogen) atoms. The molecule has 1 aliphatic rings. The lowest BCUT2D eigenvalue weighted by Gasteiger charge is -2.25. The number of hydrogen-bond donors (Lipinski definition) is 2. The third-order valence-electron chi connectivity index (χ3n) is 2.34. The molecular weight excluding hydrogens is 176 g/mol. The monoisotopic (exact) mass is 198 g/mol. The molecular formula is C11H22N2O. The molecule has 3 heteroatoms. The Bertz CT molecular complexity index is 206. The fourth-order valence-corrected chi connectivity index (χ4v) is 1.90. The van der Waals surface area contributed by atoms with E-state index in [1.54, 1.807) is 0 Å². The zero-order valence-corrected chi connectivity index (χ0v) is 9.51. The van der Waals surface area contributed by atoms with Crippen LogP contribution in [0.2, 0.25) is 0 Å². The van der Waals surface area contributed by atoms with Gasteiger partial charge in [-0.15, -0.1) is 0 Å². The van der Waals surface area contributed by atoms with Gasteiger partial charge in [-0.25, -0.2) is 0 Å². The highest BCUT2D eigenvalue weighted by molar-refractivity contribution is 5.82. The molecule has 0 aromatic rings. The third-order valence-corrected chi connectivity index (χ3v) is 2.34. The number of nitrogens with zero attached hydrogens (tertiary/aromatic N) is 1. The highest BCUT2D eigenvalue weighted by Gasteiger charge is 2.18. The van der Waals surface area contributed by atoms with Crippen LogP contribution in [0.3, 0.4) is 0 Å². The molecule has 1 unspecified atom stereocenters. The summed E-state index contributed by atoms with van der Waals surface area (Å²) in [5.74, 6) is 1.12. The molecule has 0 saturated heterocycles. The first-order valence-corrected chi connectivity index (χ1v) is 5.49. The van der Waals surface area contributed by atoms with Gasteiger partial charge in [0.15, 0.2) is 0 Å². The minimum atomic E-state index is -0.596. The molecule has 0 saturated carbocycles. The molecule has 0 aromatic carbocycles. The van der Waals surface area contributed by atoms with Gasteiger partial charge in [-0.05, 0) is 40.0 Å². The van der Waals surface area contributed by atoms with Crippen LogP contribution in [0, 0.1) is 0 Å². The Morgan fingerprint density at radius 1 is 1.50 bits per heavy atom. The normalized spacial score (nSPS) is 20.1. The van der Waals surface area contributed by atoms with Crippen LogP contribution in [0.5, 0.6) is 0 Å². The van der Waals surface area contributed by atoms with Crippen molar-refractivity contribution in [3.05, 3.63) is 0 Å². The van der Waals surface area contributed by atoms with Gasteiger partial charge < -0.3 is 10.4 Å². The highest BCUT2D eigenvalue weighted by atomic mass is 16.3. The van der Waals surface area contributed by atoms with Crippen LogP contribution < -0.4 is 5.32 Å². The van der Waals surface area contributed by atoms with E-state index in [0.29, 0.717) is 6.04 Å². The summed E-state index contributed by atoms with van der Waals surface area (Å²) >= 11 is 0. The quantitative estimate of drug-likeness (QED) is 0.725. The van der Waals surface area contributed by atoms with E-state index in [2.05, 4.69) is 17.2 Å². The van der Waals surface area contributed by atoms with Crippen molar-refractivity contribution in [3.8, 4) is 0 Å². The molecule has 1 atom stereocenters. The van der Waals surface area contributed by atoms with Crippen LogP contribution in [-0.2, 0) is 0 Å². The molecule has 0 bridgehead atoms. The van der Waals surface area contributed by atoms with E-state index in [4.69, 9.17) is 0 Å². The van der Waals surface area contributed by atoms with E-state index in [1.807, 2.05) is 13.8 Å². The van der Waals surface area contributed by atoms with Crippen molar-refractivity contribution in [2.24, 2.45) is 4.99 Å². The fraction of sp³-hybridized carbons (Fsp3) is 0.909. The molecule has 1 rings (SSSR count). The zero-order chi connectivity index (χ0) is 10.6. The molecule has 1 aliphatic heterocycles. The Morgan fingerprint density at radius 3 is 2.71 bits per heavy atom. The summed E-state index contributed by atoms with van der Waals surface area (Å²) in [6.45, 7) is 6.73. The van der Waals surface area contributed by atoms with E-state index in [-0.39, 0.29) is 0 Å². The van der Waals surface area contributed by atoms with Crippen molar-refractivity contribution >= 4 is 5.84 Å². The SMILES string of the molecule is CC(CC(C)(C)O)NC1=NCCCC1. The Hall–Kier alpha value is -0.570. The van der Waals surface area contributed by atoms with E-state index in [9.17, 15) is 5.11 Å². The first kappa shape index (κ1) is 11.5. The van der Waals surface area contributed by atoms with Crippen LogP contribution in [0.25, 0.3) is 0 Å². The minimum absolute atomic E-state index is 0.298. The van der Waals surface area contributed by atoms with Gasteiger partial charge in [-0.2, -0.15) is 0 Å². The summed E-state index contributed by atoms with van der Waals surface area (Å²) < 4.78 is 0. The zero-order valence-electron chi connectivity index (χ0n) is 9.51. The average molecular weight is 198 g/mol. The maximum atomic E-state index is 9.64. The molecule has 0 amide bonds. The van der Waals surface area contributed by atoms with Gasteiger partial charge in [0.25, 0.3) is 0 Å². The van der Waals surface area contributed by atoms with Crippen molar-refractivity contribution in [2.45, 2.75) is 58.1 Å². The highest BCUT2D eigenvalue weighted by Crippen LogP contribution is 2.11. The fourth-order valence-electron chi connectivity index (χ4n) is 1.90. The number of hydrogen-bond acceptors (Lipinski definition) is 3. The van der Waals surface area contributed by atoms with Gasteiger partial charge in [-0.1, -0.05) is 0 Å². The first-order chi connectivity index (χ1) is 6.47. The van der Waals surface area contributed by atoms with Crippen molar-refractivity contribution in [2.75, 3.05) is 6.54 Å². The minimum Gasteiger partial charge on any atom is -0.390 e.